The fourth-order valence-electron chi connectivity index (χ4n) is 1.80. The number of hydrogen-bond donors (Lipinski definition) is 1. The molecule has 0 unspecified atom stereocenters. The summed E-state index contributed by atoms with van der Waals surface area (Å²) in [5.74, 6) is 1.15. The minimum absolute atomic E-state index is 0.517. The van der Waals surface area contributed by atoms with Gasteiger partial charge in [0.05, 0.1) is 20.8 Å². The first-order chi connectivity index (χ1) is 8.83. The Morgan fingerprint density at radius 2 is 2.21 bits per heavy atom. The number of thiophene rings is 1. The Balaban J connectivity index is 2.01. The van der Waals surface area contributed by atoms with Crippen molar-refractivity contribution >= 4 is 27.3 Å². The van der Waals surface area contributed by atoms with Crippen molar-refractivity contribution < 1.29 is 9.63 Å². The average Bonchev–Trinajstić information content (AvgIpc) is 2.83. The van der Waals surface area contributed by atoms with Gasteiger partial charge in [0.25, 0.3) is 0 Å². The Bertz CT molecular complexity index is 547. The van der Waals surface area contributed by atoms with E-state index in [1.165, 1.54) is 0 Å². The molecule has 1 N–H and O–H groups in total. The third-order valence-electron chi connectivity index (χ3n) is 2.32. The van der Waals surface area contributed by atoms with E-state index < -0.39 is 5.60 Å². The van der Waals surface area contributed by atoms with Crippen molar-refractivity contribution in [1.29, 1.82) is 0 Å². The quantitative estimate of drug-likeness (QED) is 0.902. The van der Waals surface area contributed by atoms with Crippen LogP contribution in [0.1, 0.15) is 19.7 Å². The summed E-state index contributed by atoms with van der Waals surface area (Å²) in [6.07, 6.45) is 0. The first kappa shape index (κ1) is 14.6. The van der Waals surface area contributed by atoms with Gasteiger partial charge in [0.1, 0.15) is 0 Å². The summed E-state index contributed by atoms with van der Waals surface area (Å²) < 4.78 is 6.26. The van der Waals surface area contributed by atoms with Gasteiger partial charge in [-0.1, -0.05) is 5.16 Å². The van der Waals surface area contributed by atoms with Gasteiger partial charge in [-0.2, -0.15) is 4.98 Å². The number of rotatable bonds is 5. The minimum Gasteiger partial charge on any atom is -0.389 e. The average molecular weight is 346 g/mol. The molecular formula is C12H16BrN3O2S. The molecule has 0 amide bonds. The summed E-state index contributed by atoms with van der Waals surface area (Å²) >= 11 is 4.97. The molecular weight excluding hydrogens is 330 g/mol. The van der Waals surface area contributed by atoms with E-state index in [0.29, 0.717) is 24.8 Å². The summed E-state index contributed by atoms with van der Waals surface area (Å²) in [7, 11) is 1.91. The maximum absolute atomic E-state index is 9.74. The highest BCUT2D eigenvalue weighted by atomic mass is 79.9. The smallest absolute Gasteiger partial charge is 0.241 e. The zero-order valence-electron chi connectivity index (χ0n) is 11.1. The monoisotopic (exact) mass is 345 g/mol. The Kier molecular flexibility index (Phi) is 4.39. The summed E-state index contributed by atoms with van der Waals surface area (Å²) in [6, 6.07) is 3.90. The highest BCUT2D eigenvalue weighted by molar-refractivity contribution is 9.11. The molecule has 0 fully saturated rings. The molecule has 104 valence electrons. The summed E-state index contributed by atoms with van der Waals surface area (Å²) in [5.41, 5.74) is -0.740. The number of nitrogens with zero attached hydrogens (tertiary/aromatic N) is 3. The molecule has 0 aromatic carbocycles. The van der Waals surface area contributed by atoms with Crippen LogP contribution in [0.15, 0.2) is 20.4 Å². The summed E-state index contributed by atoms with van der Waals surface area (Å²) in [5, 5.41) is 13.7. The molecule has 0 bridgehead atoms. The number of likely N-dealkylation sites (N-methyl/N-ethyl adjacent to an activating group) is 1. The second-order valence-corrected chi connectivity index (χ2v) is 7.56. The predicted octanol–water partition coefficient (Wildman–Crippen LogP) is 2.76. The highest BCUT2D eigenvalue weighted by Crippen LogP contribution is 2.29. The Morgan fingerprint density at radius 3 is 2.79 bits per heavy atom. The van der Waals surface area contributed by atoms with Gasteiger partial charge in [0.15, 0.2) is 0 Å². The molecule has 2 rings (SSSR count). The van der Waals surface area contributed by atoms with Gasteiger partial charge >= 0.3 is 0 Å². The highest BCUT2D eigenvalue weighted by Gasteiger charge is 2.18. The zero-order valence-corrected chi connectivity index (χ0v) is 13.5. The van der Waals surface area contributed by atoms with Gasteiger partial charge in [-0.3, -0.25) is 4.90 Å². The normalized spacial score (nSPS) is 12.3. The van der Waals surface area contributed by atoms with Gasteiger partial charge in [-0.25, -0.2) is 0 Å². The Labute approximate surface area is 124 Å². The number of halogens is 1. The van der Waals surface area contributed by atoms with Gasteiger partial charge in [0, 0.05) is 6.54 Å². The maximum Gasteiger partial charge on any atom is 0.241 e. The molecule has 19 heavy (non-hydrogen) atoms. The molecule has 2 aromatic heterocycles. The molecule has 0 spiro atoms. The Morgan fingerprint density at radius 1 is 1.47 bits per heavy atom. The number of aromatic nitrogens is 2. The molecule has 0 aliphatic carbocycles. The van der Waals surface area contributed by atoms with Crippen LogP contribution in [-0.2, 0) is 6.54 Å². The summed E-state index contributed by atoms with van der Waals surface area (Å²) in [6.45, 7) is 4.59. The maximum atomic E-state index is 9.74. The molecule has 2 heterocycles. The van der Waals surface area contributed by atoms with E-state index in [4.69, 9.17) is 4.52 Å². The van der Waals surface area contributed by atoms with E-state index in [2.05, 4.69) is 26.1 Å². The fraction of sp³-hybridized carbons (Fsp3) is 0.500. The SMILES string of the molecule is CN(Cc1nc(-c2ccc(Br)s2)no1)CC(C)(C)O. The molecule has 0 radical (unpaired) electrons. The molecule has 7 heteroatoms. The fourth-order valence-corrected chi connectivity index (χ4v) is 3.11. The molecule has 5 nitrogen and oxygen atoms in total. The minimum atomic E-state index is -0.740. The Hall–Kier alpha value is -0.760. The molecule has 0 saturated heterocycles. The topological polar surface area (TPSA) is 62.4 Å². The zero-order chi connectivity index (χ0) is 14.0. The second kappa shape index (κ2) is 5.70. The number of hydrogen-bond acceptors (Lipinski definition) is 6. The lowest BCUT2D eigenvalue weighted by atomic mass is 10.1. The standard InChI is InChI=1S/C12H16BrN3O2S/c1-12(2,17)7-16(3)6-10-14-11(15-18-10)8-4-5-9(13)19-8/h4-5,17H,6-7H2,1-3H3. The van der Waals surface area contributed by atoms with Crippen LogP contribution in [0.2, 0.25) is 0 Å². The lowest BCUT2D eigenvalue weighted by Gasteiger charge is -2.23. The van der Waals surface area contributed by atoms with Crippen molar-refractivity contribution in [2.24, 2.45) is 0 Å². The van der Waals surface area contributed by atoms with Gasteiger partial charge in [0.2, 0.25) is 11.7 Å². The van der Waals surface area contributed by atoms with Crippen molar-refractivity contribution in [3.05, 3.63) is 21.8 Å². The van der Waals surface area contributed by atoms with Crippen molar-refractivity contribution in [1.82, 2.24) is 15.0 Å². The van der Waals surface area contributed by atoms with Gasteiger partial charge in [-0.15, -0.1) is 11.3 Å². The third kappa shape index (κ3) is 4.38. The molecule has 0 aliphatic heterocycles. The van der Waals surface area contributed by atoms with E-state index in [1.54, 1.807) is 25.2 Å². The second-order valence-electron chi connectivity index (χ2n) is 5.10. The van der Waals surface area contributed by atoms with Crippen LogP contribution in [0.5, 0.6) is 0 Å². The van der Waals surface area contributed by atoms with Crippen molar-refractivity contribution in [2.45, 2.75) is 26.0 Å². The predicted molar refractivity (Wildman–Crippen MR) is 77.9 cm³/mol. The molecule has 0 atom stereocenters. The van der Waals surface area contributed by atoms with E-state index in [-0.39, 0.29) is 0 Å². The molecule has 2 aromatic rings. The summed E-state index contributed by atoms with van der Waals surface area (Å²) in [4.78, 5) is 7.26. The largest absolute Gasteiger partial charge is 0.389 e. The van der Waals surface area contributed by atoms with E-state index >= 15 is 0 Å². The van der Waals surface area contributed by atoms with Crippen molar-refractivity contribution in [2.75, 3.05) is 13.6 Å². The van der Waals surface area contributed by atoms with Crippen LogP contribution in [0.25, 0.3) is 10.7 Å². The van der Waals surface area contributed by atoms with Crippen molar-refractivity contribution in [3.63, 3.8) is 0 Å². The number of aliphatic hydroxyl groups is 1. The van der Waals surface area contributed by atoms with E-state index in [1.807, 2.05) is 24.1 Å². The van der Waals surface area contributed by atoms with Gasteiger partial charge < -0.3 is 9.63 Å². The van der Waals surface area contributed by atoms with Crippen LogP contribution in [0.4, 0.5) is 0 Å². The van der Waals surface area contributed by atoms with Crippen LogP contribution in [-0.4, -0.2) is 39.3 Å². The van der Waals surface area contributed by atoms with Crippen LogP contribution < -0.4 is 0 Å². The van der Waals surface area contributed by atoms with E-state index in [0.717, 1.165) is 8.66 Å². The van der Waals surface area contributed by atoms with Crippen molar-refractivity contribution in [3.8, 4) is 10.7 Å². The lowest BCUT2D eigenvalue weighted by Crippen LogP contribution is -2.35. The van der Waals surface area contributed by atoms with Crippen LogP contribution in [0, 0.1) is 0 Å². The molecule has 0 aliphatic rings. The molecule has 0 saturated carbocycles. The first-order valence-electron chi connectivity index (χ1n) is 5.83. The lowest BCUT2D eigenvalue weighted by molar-refractivity contribution is 0.0397. The van der Waals surface area contributed by atoms with Crippen LogP contribution >= 0.6 is 27.3 Å². The first-order valence-corrected chi connectivity index (χ1v) is 7.44. The van der Waals surface area contributed by atoms with Crippen LogP contribution in [0.3, 0.4) is 0 Å². The van der Waals surface area contributed by atoms with Gasteiger partial charge in [-0.05, 0) is 49.0 Å². The third-order valence-corrected chi connectivity index (χ3v) is 3.94. The van der Waals surface area contributed by atoms with E-state index in [9.17, 15) is 5.11 Å².